The molecule has 0 radical (unpaired) electrons. The van der Waals surface area contributed by atoms with Crippen molar-refractivity contribution < 1.29 is 9.47 Å². The minimum Gasteiger partial charge on any atom is -0.382 e. The van der Waals surface area contributed by atoms with Gasteiger partial charge in [-0.1, -0.05) is 56.0 Å². The smallest absolute Gasteiger partial charge is 0.0487 e. The molecule has 1 aliphatic heterocycles. The van der Waals surface area contributed by atoms with Gasteiger partial charge in [-0.2, -0.15) is 0 Å². The molecule has 3 heteroatoms. The molecule has 140 valence electrons. The molecule has 0 aliphatic carbocycles. The lowest BCUT2D eigenvalue weighted by Gasteiger charge is -2.28. The maximum Gasteiger partial charge on any atom is 0.0487 e. The molecule has 1 aromatic rings. The number of para-hydroxylation sites is 1. The van der Waals surface area contributed by atoms with Crippen LogP contribution >= 0.6 is 0 Å². The van der Waals surface area contributed by atoms with Crippen LogP contribution in [0.4, 0.5) is 5.69 Å². The van der Waals surface area contributed by atoms with Gasteiger partial charge in [-0.15, -0.1) is 0 Å². The van der Waals surface area contributed by atoms with Gasteiger partial charge in [0.15, 0.2) is 0 Å². The molecule has 0 N–H and O–H groups in total. The lowest BCUT2D eigenvalue weighted by Crippen LogP contribution is -2.26. The van der Waals surface area contributed by atoms with Gasteiger partial charge in [0.05, 0.1) is 0 Å². The molecular formula is C22H35NO2. The Morgan fingerprint density at radius 2 is 1.56 bits per heavy atom. The normalized spacial score (nSPS) is 13.2. The first-order valence-corrected chi connectivity index (χ1v) is 10.1. The Hall–Kier alpha value is -1.32. The van der Waals surface area contributed by atoms with Crippen LogP contribution in [0.1, 0.15) is 57.4 Å². The molecule has 1 aromatic carbocycles. The van der Waals surface area contributed by atoms with Gasteiger partial charge < -0.3 is 14.4 Å². The topological polar surface area (TPSA) is 21.7 Å². The molecule has 1 heterocycles. The van der Waals surface area contributed by atoms with Gasteiger partial charge in [-0.3, -0.25) is 0 Å². The lowest BCUT2D eigenvalue weighted by atomic mass is 10.1. The van der Waals surface area contributed by atoms with Gasteiger partial charge in [-0.05, 0) is 37.8 Å². The minimum atomic E-state index is 0.807. The van der Waals surface area contributed by atoms with Crippen LogP contribution in [-0.2, 0) is 9.47 Å². The van der Waals surface area contributed by atoms with E-state index in [1.54, 1.807) is 0 Å². The standard InChI is InChI=1S/C22H35NO2/c1-2-24-19-12-20-25-18-10-6-4-3-5-9-16-23-17-11-14-21-13-7-8-15-22(21)23/h7-8,11,13-15H,2-6,9-10,12,16-20H2,1H3. The SMILES string of the molecule is CCOCCCOCCCCCCCCN1CC=Cc2ccccc21. The fourth-order valence-corrected chi connectivity index (χ4v) is 3.26. The van der Waals surface area contributed by atoms with Crippen molar-refractivity contribution in [3.05, 3.63) is 35.9 Å². The summed E-state index contributed by atoms with van der Waals surface area (Å²) in [6, 6.07) is 8.71. The monoisotopic (exact) mass is 345 g/mol. The van der Waals surface area contributed by atoms with E-state index in [1.807, 2.05) is 6.92 Å². The van der Waals surface area contributed by atoms with Crippen LogP contribution in [0, 0.1) is 0 Å². The molecule has 0 aromatic heterocycles. The molecule has 25 heavy (non-hydrogen) atoms. The quantitative estimate of drug-likeness (QED) is 0.427. The maximum absolute atomic E-state index is 5.63. The first-order chi connectivity index (χ1) is 12.4. The highest BCUT2D eigenvalue weighted by Gasteiger charge is 2.11. The van der Waals surface area contributed by atoms with E-state index in [9.17, 15) is 0 Å². The highest BCUT2D eigenvalue weighted by Crippen LogP contribution is 2.25. The van der Waals surface area contributed by atoms with Crippen molar-refractivity contribution in [2.45, 2.75) is 51.9 Å². The summed E-state index contributed by atoms with van der Waals surface area (Å²) < 4.78 is 10.9. The molecular weight excluding hydrogens is 310 g/mol. The van der Waals surface area contributed by atoms with Crippen molar-refractivity contribution in [3.8, 4) is 0 Å². The Kier molecular flexibility index (Phi) is 10.4. The molecule has 1 aliphatic rings. The molecule has 0 saturated carbocycles. The van der Waals surface area contributed by atoms with Crippen LogP contribution in [-0.4, -0.2) is 39.5 Å². The molecule has 0 spiro atoms. The first kappa shape index (κ1) is 20.0. The summed E-state index contributed by atoms with van der Waals surface area (Å²) in [6.45, 7) is 7.63. The average Bonchev–Trinajstić information content (AvgIpc) is 2.65. The van der Waals surface area contributed by atoms with Crippen LogP contribution in [0.2, 0.25) is 0 Å². The number of benzene rings is 1. The van der Waals surface area contributed by atoms with Crippen molar-refractivity contribution in [1.29, 1.82) is 0 Å². The van der Waals surface area contributed by atoms with Gasteiger partial charge in [0.25, 0.3) is 0 Å². The van der Waals surface area contributed by atoms with E-state index in [1.165, 1.54) is 56.3 Å². The average molecular weight is 346 g/mol. The molecule has 0 saturated heterocycles. The fourth-order valence-electron chi connectivity index (χ4n) is 3.26. The van der Waals surface area contributed by atoms with Crippen LogP contribution in [0.15, 0.2) is 30.3 Å². The summed E-state index contributed by atoms with van der Waals surface area (Å²) in [4.78, 5) is 2.51. The maximum atomic E-state index is 5.63. The van der Waals surface area contributed by atoms with Crippen LogP contribution in [0.3, 0.4) is 0 Å². The van der Waals surface area contributed by atoms with E-state index in [0.717, 1.165) is 39.4 Å². The zero-order valence-electron chi connectivity index (χ0n) is 15.9. The summed E-state index contributed by atoms with van der Waals surface area (Å²) in [7, 11) is 0. The van der Waals surface area contributed by atoms with Gasteiger partial charge in [0.2, 0.25) is 0 Å². The van der Waals surface area contributed by atoms with Crippen LogP contribution in [0.5, 0.6) is 0 Å². The van der Waals surface area contributed by atoms with Crippen molar-refractivity contribution >= 4 is 11.8 Å². The van der Waals surface area contributed by atoms with E-state index in [0.29, 0.717) is 0 Å². The molecule has 3 nitrogen and oxygen atoms in total. The highest BCUT2D eigenvalue weighted by molar-refractivity contribution is 5.71. The predicted molar refractivity (Wildman–Crippen MR) is 107 cm³/mol. The van der Waals surface area contributed by atoms with Gasteiger partial charge in [0, 0.05) is 45.2 Å². The van der Waals surface area contributed by atoms with E-state index in [-0.39, 0.29) is 0 Å². The third-order valence-electron chi connectivity index (χ3n) is 4.65. The molecule has 0 unspecified atom stereocenters. The zero-order valence-corrected chi connectivity index (χ0v) is 15.9. The number of unbranched alkanes of at least 4 members (excludes halogenated alkanes) is 5. The second-order valence-electron chi connectivity index (χ2n) is 6.69. The van der Waals surface area contributed by atoms with E-state index < -0.39 is 0 Å². The Labute approximate surface area is 154 Å². The Morgan fingerprint density at radius 1 is 0.840 bits per heavy atom. The summed E-state index contributed by atoms with van der Waals surface area (Å²) in [5, 5.41) is 0. The van der Waals surface area contributed by atoms with Crippen molar-refractivity contribution in [1.82, 2.24) is 0 Å². The Morgan fingerprint density at radius 3 is 2.44 bits per heavy atom. The zero-order chi connectivity index (χ0) is 17.6. The number of nitrogens with zero attached hydrogens (tertiary/aromatic N) is 1. The first-order valence-electron chi connectivity index (χ1n) is 10.1. The largest absolute Gasteiger partial charge is 0.382 e. The van der Waals surface area contributed by atoms with Crippen molar-refractivity contribution in [3.63, 3.8) is 0 Å². The number of anilines is 1. The van der Waals surface area contributed by atoms with Gasteiger partial charge in [0.1, 0.15) is 0 Å². The number of hydrogen-bond acceptors (Lipinski definition) is 3. The number of ether oxygens (including phenoxy) is 2. The van der Waals surface area contributed by atoms with Crippen LogP contribution < -0.4 is 4.90 Å². The molecule has 0 amide bonds. The summed E-state index contributed by atoms with van der Waals surface area (Å²) in [5.74, 6) is 0. The Balaban J connectivity index is 1.41. The lowest BCUT2D eigenvalue weighted by molar-refractivity contribution is 0.0860. The Bertz CT molecular complexity index is 487. The summed E-state index contributed by atoms with van der Waals surface area (Å²) in [5.41, 5.74) is 2.75. The number of fused-ring (bicyclic) bond motifs is 1. The van der Waals surface area contributed by atoms with Gasteiger partial charge >= 0.3 is 0 Å². The summed E-state index contributed by atoms with van der Waals surface area (Å²) >= 11 is 0. The van der Waals surface area contributed by atoms with Crippen LogP contribution in [0.25, 0.3) is 6.08 Å². The fraction of sp³-hybridized carbons (Fsp3) is 0.636. The molecule has 0 atom stereocenters. The molecule has 0 fully saturated rings. The third-order valence-corrected chi connectivity index (χ3v) is 4.65. The summed E-state index contributed by atoms with van der Waals surface area (Å²) in [6.07, 6.45) is 13.3. The minimum absolute atomic E-state index is 0.807. The predicted octanol–water partition coefficient (Wildman–Crippen LogP) is 5.30. The third kappa shape index (κ3) is 8.06. The van der Waals surface area contributed by atoms with Crippen molar-refractivity contribution in [2.24, 2.45) is 0 Å². The number of rotatable bonds is 14. The van der Waals surface area contributed by atoms with E-state index in [2.05, 4.69) is 41.3 Å². The van der Waals surface area contributed by atoms with Gasteiger partial charge in [-0.25, -0.2) is 0 Å². The van der Waals surface area contributed by atoms with E-state index in [4.69, 9.17) is 9.47 Å². The van der Waals surface area contributed by atoms with E-state index >= 15 is 0 Å². The second-order valence-corrected chi connectivity index (χ2v) is 6.69. The second kappa shape index (κ2) is 13.0. The van der Waals surface area contributed by atoms with Crippen molar-refractivity contribution in [2.75, 3.05) is 44.4 Å². The molecule has 0 bridgehead atoms. The molecule has 2 rings (SSSR count). The highest BCUT2D eigenvalue weighted by atomic mass is 16.5. The number of hydrogen-bond donors (Lipinski definition) is 0.